The van der Waals surface area contributed by atoms with Crippen molar-refractivity contribution in [1.29, 1.82) is 5.26 Å². The van der Waals surface area contributed by atoms with Crippen LogP contribution in [0, 0.1) is 29.7 Å². The van der Waals surface area contributed by atoms with E-state index in [-0.39, 0.29) is 0 Å². The van der Waals surface area contributed by atoms with E-state index in [1.807, 2.05) is 84.9 Å². The molecule has 8 nitrogen and oxygen atoms in total. The average molecular weight is 1070 g/mol. The number of aromatic nitrogens is 4. The molecule has 0 saturated carbocycles. The molecule has 12 aromatic rings. The molecule has 0 unspecified atom stereocenters. The van der Waals surface area contributed by atoms with Gasteiger partial charge in [0.15, 0.2) is 0 Å². The summed E-state index contributed by atoms with van der Waals surface area (Å²) in [6.07, 6.45) is 0. The number of fused-ring (bicyclic) bond motifs is 3. The van der Waals surface area contributed by atoms with Crippen LogP contribution in [0.2, 0.25) is 0 Å². The number of hydrogen-bond acceptors (Lipinski definition) is 7. The van der Waals surface area contributed by atoms with Gasteiger partial charge in [0.05, 0.1) is 45.6 Å². The van der Waals surface area contributed by atoms with Crippen molar-refractivity contribution in [2.24, 2.45) is 11.8 Å². The number of para-hydroxylation sites is 2. The lowest BCUT2D eigenvalue weighted by molar-refractivity contribution is 0.271. The molecule has 0 amide bonds. The Morgan fingerprint density at radius 3 is 1.25 bits per heavy atom. The molecule has 0 aliphatic heterocycles. The number of hydrogen-bond donors (Lipinski definition) is 0. The van der Waals surface area contributed by atoms with E-state index in [1.165, 1.54) is 22.7 Å². The smallest absolute Gasteiger partial charge is 0.328 e. The van der Waals surface area contributed by atoms with Crippen LogP contribution in [0.1, 0.15) is 37.7 Å². The number of ether oxygens (including phenoxy) is 2. The first-order chi connectivity index (χ1) is 39.3. The first kappa shape index (κ1) is 51.6. The van der Waals surface area contributed by atoms with Gasteiger partial charge in [-0.25, -0.2) is 14.8 Å². The zero-order chi connectivity index (χ0) is 54.7. The van der Waals surface area contributed by atoms with Crippen molar-refractivity contribution >= 4 is 101 Å². The van der Waals surface area contributed by atoms with Crippen LogP contribution in [-0.2, 0) is 0 Å². The molecule has 0 radical (unpaired) electrons. The largest absolute Gasteiger partial charge is 0.493 e. The Bertz CT molecular complexity index is 3960. The van der Waals surface area contributed by atoms with Gasteiger partial charge in [-0.05, 0) is 95.8 Å². The molecule has 0 atom stereocenters. The Morgan fingerprint density at radius 2 is 0.863 bits per heavy atom. The minimum absolute atomic E-state index is 0.317. The van der Waals surface area contributed by atoms with E-state index < -0.39 is 13.7 Å². The van der Waals surface area contributed by atoms with Crippen molar-refractivity contribution in [3.05, 3.63) is 251 Å². The molecule has 4 heterocycles. The second-order valence-corrected chi connectivity index (χ2v) is 22.8. The summed E-state index contributed by atoms with van der Waals surface area (Å²) in [7, 11) is 0. The molecule has 0 fully saturated rings. The molecule has 4 aromatic heterocycles. The van der Waals surface area contributed by atoms with Crippen LogP contribution in [0.4, 0.5) is 0 Å². The van der Waals surface area contributed by atoms with E-state index in [4.69, 9.17) is 19.4 Å². The zero-order valence-corrected chi connectivity index (χ0v) is 46.5. The molecule has 386 valence electrons. The van der Waals surface area contributed by atoms with Crippen LogP contribution in [0.25, 0.3) is 69.8 Å². The predicted molar refractivity (Wildman–Crippen MR) is 334 cm³/mol. The number of nitrogens with zero attached hydrogens (tertiary/aromatic N) is 6. The molecule has 0 bridgehead atoms. The highest BCUT2D eigenvalue weighted by molar-refractivity contribution is 7.20. The summed E-state index contributed by atoms with van der Waals surface area (Å²) in [5.41, 5.74) is 9.78. The highest BCUT2D eigenvalue weighted by atomic mass is 32.1. The van der Waals surface area contributed by atoms with Crippen molar-refractivity contribution in [1.82, 2.24) is 18.9 Å². The molecule has 0 aliphatic carbocycles. The molecule has 0 saturated heterocycles. The number of nitriles is 1. The summed E-state index contributed by atoms with van der Waals surface area (Å²) in [5.74, 6) is 2.12. The molecule has 12 rings (SSSR count). The van der Waals surface area contributed by atoms with Gasteiger partial charge < -0.3 is 18.4 Å². The van der Waals surface area contributed by atoms with Crippen molar-refractivity contribution < 1.29 is 9.47 Å². The first-order valence-corrected chi connectivity index (χ1v) is 28.6. The van der Waals surface area contributed by atoms with Crippen molar-refractivity contribution in [2.45, 2.75) is 27.7 Å². The lowest BCUT2D eigenvalue weighted by Crippen LogP contribution is -2.54. The van der Waals surface area contributed by atoms with Gasteiger partial charge in [0.1, 0.15) is 33.2 Å². The predicted octanol–water partition coefficient (Wildman–Crippen LogP) is 12.2. The molecular weight excluding hydrogens is 1020 g/mol. The maximum Gasteiger partial charge on any atom is 0.328 e. The van der Waals surface area contributed by atoms with Gasteiger partial charge in [0.2, 0.25) is 5.70 Å². The second kappa shape index (κ2) is 22.6. The summed E-state index contributed by atoms with van der Waals surface area (Å²) in [6.45, 7) is 18.3. The average Bonchev–Trinajstić information content (AvgIpc) is 4.45. The minimum atomic E-state index is -0.511. The van der Waals surface area contributed by atoms with E-state index in [0.29, 0.717) is 57.0 Å². The molecule has 12 heteroatoms. The molecule has 80 heavy (non-hydrogen) atoms. The number of rotatable bonds is 16. The highest BCUT2D eigenvalue weighted by Gasteiger charge is 2.37. The lowest BCUT2D eigenvalue weighted by Gasteiger charge is -2.24. The third kappa shape index (κ3) is 9.90. The molecule has 8 aromatic carbocycles. The van der Waals surface area contributed by atoms with Crippen molar-refractivity contribution in [2.75, 3.05) is 13.2 Å². The van der Waals surface area contributed by atoms with E-state index in [9.17, 15) is 11.8 Å². The fraction of sp³-hybridized carbons (Fsp3) is 0.118. The first-order valence-electron chi connectivity index (χ1n) is 27.0. The Kier molecular flexibility index (Phi) is 14.6. The van der Waals surface area contributed by atoms with E-state index >= 15 is 0 Å². The molecule has 0 spiro atoms. The van der Waals surface area contributed by atoms with Crippen molar-refractivity contribution in [3.8, 4) is 40.1 Å². The van der Waals surface area contributed by atoms with Gasteiger partial charge in [-0.1, -0.05) is 195 Å². The third-order valence-electron chi connectivity index (χ3n) is 14.2. The fourth-order valence-corrected chi connectivity index (χ4v) is 12.7. The van der Waals surface area contributed by atoms with Gasteiger partial charge in [0.25, 0.3) is 0 Å². The van der Waals surface area contributed by atoms with E-state index in [1.54, 1.807) is 0 Å². The van der Waals surface area contributed by atoms with Gasteiger partial charge in [-0.15, -0.1) is 22.7 Å². The third-order valence-corrected chi connectivity index (χ3v) is 16.3. The Balaban J connectivity index is 1.41. The van der Waals surface area contributed by atoms with Crippen LogP contribution >= 0.6 is 22.7 Å². The van der Waals surface area contributed by atoms with Crippen LogP contribution in [-0.4, -0.2) is 45.8 Å². The number of thiazole rings is 2. The summed E-state index contributed by atoms with van der Waals surface area (Å²) in [5, 5.41) is 16.4. The van der Waals surface area contributed by atoms with Crippen molar-refractivity contribution in [3.63, 3.8) is 0 Å². The molecule has 0 aliphatic rings. The van der Waals surface area contributed by atoms with Crippen LogP contribution in [0.5, 0.6) is 11.5 Å². The van der Waals surface area contributed by atoms with Crippen LogP contribution in [0.3, 0.4) is 0 Å². The SMILES string of the molecule is [C-]#[N+]/C(c1nc2ccccc2s1)=c1\c2c(-c3ccc(OCC(C)C)cc3)n(B(c3ccccc3)c3ccccc3)/c(=C(/C#N)c3nc4ccccc4s3)c2c(-c2ccc(OCC(C)C)cc2)n1B(c1ccccc1)c1ccccc1. The minimum Gasteiger partial charge on any atom is -0.493 e. The summed E-state index contributed by atoms with van der Waals surface area (Å²) < 4.78 is 19.5. The Labute approximate surface area is 474 Å². The Morgan fingerprint density at radius 1 is 0.500 bits per heavy atom. The van der Waals surface area contributed by atoms with Crippen LogP contribution < -0.4 is 42.0 Å². The summed E-state index contributed by atoms with van der Waals surface area (Å²) in [6, 6.07) is 77.8. The van der Waals surface area contributed by atoms with Gasteiger partial charge >= 0.3 is 13.7 Å². The van der Waals surface area contributed by atoms with Gasteiger partial charge in [0, 0.05) is 27.5 Å². The topological polar surface area (TPSA) is 82.2 Å². The standard InChI is InChI=1S/C68H54B2N6O2S2/c1-45(2)43-77-53-38-34-47(35-39-53)63-60-61(66(62(72-5)68-74-57-31-19-21-33-59(57)80-68)76(63)70(51-26-14-8-15-27-51)52-28-16-9-17-29-52)64(48-36-40-54(41-37-48)78-44-46(3)4)75(69(49-22-10-6-11-23-49)50-24-12-7-13-25-50)65(60)55(42-71)67-73-56-30-18-20-32-58(56)79-67/h6-41,45-46H,43-44H2,1-4H3/b65-55-,66-62+. The second-order valence-electron chi connectivity index (χ2n) is 20.7. The summed E-state index contributed by atoms with van der Waals surface area (Å²) in [4.78, 5) is 15.3. The number of benzene rings is 8. The van der Waals surface area contributed by atoms with Gasteiger partial charge in [-0.3, -0.25) is 0 Å². The molecule has 0 N–H and O–H groups in total. The zero-order valence-electron chi connectivity index (χ0n) is 44.8. The monoisotopic (exact) mass is 1070 g/mol. The van der Waals surface area contributed by atoms with E-state index in [2.05, 4.69) is 181 Å². The quantitative estimate of drug-likeness (QED) is 0.0711. The van der Waals surface area contributed by atoms with E-state index in [0.717, 1.165) is 87.1 Å². The highest BCUT2D eigenvalue weighted by Crippen LogP contribution is 2.39. The molecular formula is C68H54B2N6O2S2. The normalized spacial score (nSPS) is 12.2. The fourth-order valence-electron chi connectivity index (χ4n) is 10.8. The lowest BCUT2D eigenvalue weighted by atomic mass is 9.50. The van der Waals surface area contributed by atoms with Crippen LogP contribution in [0.15, 0.2) is 218 Å². The maximum atomic E-state index is 12.3. The summed E-state index contributed by atoms with van der Waals surface area (Å²) >= 11 is 3.02. The Hall–Kier alpha value is -9.19. The van der Waals surface area contributed by atoms with Gasteiger partial charge in [-0.2, -0.15) is 5.26 Å². The maximum absolute atomic E-state index is 12.3.